The first-order valence-electron chi connectivity index (χ1n) is 6.05. The Hall–Kier alpha value is -0.480. The van der Waals surface area contributed by atoms with Crippen LogP contribution < -0.4 is 10.1 Å². The van der Waals surface area contributed by atoms with Gasteiger partial charge in [-0.25, -0.2) is 0 Å². The molecule has 1 aromatic rings. The summed E-state index contributed by atoms with van der Waals surface area (Å²) in [4.78, 5) is 0. The molecule has 0 saturated carbocycles. The highest BCUT2D eigenvalue weighted by atomic mass is 35.5. The molecular formula is C13H17Cl2NO2. The summed E-state index contributed by atoms with van der Waals surface area (Å²) in [6.45, 7) is 1.82. The van der Waals surface area contributed by atoms with E-state index < -0.39 is 6.10 Å². The molecule has 0 bridgehead atoms. The van der Waals surface area contributed by atoms with Gasteiger partial charge in [-0.2, -0.15) is 0 Å². The summed E-state index contributed by atoms with van der Waals surface area (Å²) in [6, 6.07) is 3.35. The molecule has 18 heavy (non-hydrogen) atoms. The fraction of sp³-hybridized carbons (Fsp3) is 0.538. The van der Waals surface area contributed by atoms with Crippen LogP contribution in [0.2, 0.25) is 10.0 Å². The second kappa shape index (κ2) is 6.11. The van der Waals surface area contributed by atoms with Gasteiger partial charge in [0.05, 0.1) is 23.3 Å². The van der Waals surface area contributed by atoms with E-state index in [4.69, 9.17) is 27.9 Å². The normalized spacial score (nSPS) is 21.7. The van der Waals surface area contributed by atoms with E-state index in [0.29, 0.717) is 21.4 Å². The number of hydrogen-bond acceptors (Lipinski definition) is 3. The number of aliphatic hydroxyl groups excluding tert-OH is 1. The maximum Gasteiger partial charge on any atom is 0.138 e. The zero-order valence-corrected chi connectivity index (χ0v) is 11.8. The molecule has 1 fully saturated rings. The summed E-state index contributed by atoms with van der Waals surface area (Å²) in [6.07, 6.45) is 1.48. The molecule has 0 spiro atoms. The van der Waals surface area contributed by atoms with Crippen molar-refractivity contribution in [2.45, 2.75) is 18.9 Å². The van der Waals surface area contributed by atoms with Crippen molar-refractivity contribution in [1.29, 1.82) is 0 Å². The number of halogens is 2. The third-order valence-electron chi connectivity index (χ3n) is 3.37. The SMILES string of the molecule is COc1cc(Cl)c(C(O)C2CCCNC2)cc1Cl. The maximum absolute atomic E-state index is 10.4. The molecule has 3 nitrogen and oxygen atoms in total. The summed E-state index contributed by atoms with van der Waals surface area (Å²) < 4.78 is 5.10. The molecule has 0 aromatic heterocycles. The molecule has 0 aliphatic carbocycles. The highest BCUT2D eigenvalue weighted by molar-refractivity contribution is 6.34. The van der Waals surface area contributed by atoms with Crippen molar-refractivity contribution in [3.63, 3.8) is 0 Å². The predicted molar refractivity (Wildman–Crippen MR) is 73.6 cm³/mol. The van der Waals surface area contributed by atoms with E-state index in [0.717, 1.165) is 25.9 Å². The van der Waals surface area contributed by atoms with Crippen molar-refractivity contribution in [3.8, 4) is 5.75 Å². The summed E-state index contributed by atoms with van der Waals surface area (Å²) in [5.41, 5.74) is 0.677. The smallest absolute Gasteiger partial charge is 0.138 e. The molecule has 1 heterocycles. The number of aliphatic hydroxyl groups is 1. The number of hydrogen-bond donors (Lipinski definition) is 2. The van der Waals surface area contributed by atoms with Gasteiger partial charge in [-0.3, -0.25) is 0 Å². The van der Waals surface area contributed by atoms with Crippen LogP contribution in [0.15, 0.2) is 12.1 Å². The first kappa shape index (κ1) is 13.9. The second-order valence-corrected chi connectivity index (χ2v) is 5.37. The van der Waals surface area contributed by atoms with Crippen LogP contribution in [0.3, 0.4) is 0 Å². The van der Waals surface area contributed by atoms with E-state index in [1.165, 1.54) is 0 Å². The average Bonchev–Trinajstić information content (AvgIpc) is 2.41. The number of nitrogens with one attached hydrogen (secondary N) is 1. The van der Waals surface area contributed by atoms with Crippen LogP contribution >= 0.6 is 23.2 Å². The molecule has 1 aromatic carbocycles. The van der Waals surface area contributed by atoms with Crippen molar-refractivity contribution in [1.82, 2.24) is 5.32 Å². The maximum atomic E-state index is 10.4. The lowest BCUT2D eigenvalue weighted by Gasteiger charge is -2.28. The van der Waals surface area contributed by atoms with Crippen LogP contribution in [-0.2, 0) is 0 Å². The zero-order valence-electron chi connectivity index (χ0n) is 10.2. The average molecular weight is 290 g/mol. The van der Waals surface area contributed by atoms with E-state index in [1.54, 1.807) is 19.2 Å². The Labute approximate surface area is 117 Å². The van der Waals surface area contributed by atoms with Crippen molar-refractivity contribution in [3.05, 3.63) is 27.7 Å². The number of rotatable bonds is 3. The van der Waals surface area contributed by atoms with Crippen LogP contribution in [-0.4, -0.2) is 25.3 Å². The van der Waals surface area contributed by atoms with Crippen molar-refractivity contribution >= 4 is 23.2 Å². The van der Waals surface area contributed by atoms with Crippen molar-refractivity contribution in [2.24, 2.45) is 5.92 Å². The summed E-state index contributed by atoms with van der Waals surface area (Å²) in [5.74, 6) is 0.708. The molecule has 1 saturated heterocycles. The molecule has 2 atom stereocenters. The number of piperidine rings is 1. The van der Waals surface area contributed by atoms with Gasteiger partial charge in [0.1, 0.15) is 5.75 Å². The van der Waals surface area contributed by atoms with Gasteiger partial charge in [-0.1, -0.05) is 23.2 Å². The summed E-state index contributed by atoms with van der Waals surface area (Å²) >= 11 is 12.2. The molecule has 5 heteroatoms. The summed E-state index contributed by atoms with van der Waals surface area (Å²) in [7, 11) is 1.54. The first-order valence-corrected chi connectivity index (χ1v) is 6.80. The Morgan fingerprint density at radius 1 is 1.39 bits per heavy atom. The molecule has 100 valence electrons. The lowest BCUT2D eigenvalue weighted by Crippen LogP contribution is -2.33. The van der Waals surface area contributed by atoms with Gasteiger partial charge in [-0.15, -0.1) is 0 Å². The topological polar surface area (TPSA) is 41.5 Å². The zero-order chi connectivity index (χ0) is 13.1. The monoisotopic (exact) mass is 289 g/mol. The van der Waals surface area contributed by atoms with Crippen LogP contribution in [0.4, 0.5) is 0 Å². The van der Waals surface area contributed by atoms with Gasteiger partial charge in [0.2, 0.25) is 0 Å². The Morgan fingerprint density at radius 3 is 2.78 bits per heavy atom. The Morgan fingerprint density at radius 2 is 2.17 bits per heavy atom. The highest BCUT2D eigenvalue weighted by Crippen LogP contribution is 2.37. The molecule has 2 N–H and O–H groups in total. The second-order valence-electron chi connectivity index (χ2n) is 4.56. The predicted octanol–water partition coefficient (Wildman–Crippen LogP) is 3.04. The van der Waals surface area contributed by atoms with E-state index in [-0.39, 0.29) is 5.92 Å². The molecule has 2 rings (SSSR count). The molecule has 2 unspecified atom stereocenters. The van der Waals surface area contributed by atoms with E-state index in [9.17, 15) is 5.11 Å². The number of benzene rings is 1. The highest BCUT2D eigenvalue weighted by Gasteiger charge is 2.25. The quantitative estimate of drug-likeness (QED) is 0.899. The van der Waals surface area contributed by atoms with Crippen LogP contribution in [0.5, 0.6) is 5.75 Å². The van der Waals surface area contributed by atoms with Crippen molar-refractivity contribution < 1.29 is 9.84 Å². The third kappa shape index (κ3) is 2.91. The van der Waals surface area contributed by atoms with Crippen molar-refractivity contribution in [2.75, 3.05) is 20.2 Å². The molecule has 0 radical (unpaired) electrons. The van der Waals surface area contributed by atoms with Gasteiger partial charge in [0.15, 0.2) is 0 Å². The van der Waals surface area contributed by atoms with Gasteiger partial charge >= 0.3 is 0 Å². The molecule has 1 aliphatic rings. The van der Waals surface area contributed by atoms with Gasteiger partial charge < -0.3 is 15.2 Å². The van der Waals surface area contributed by atoms with Gasteiger partial charge in [0.25, 0.3) is 0 Å². The van der Waals surface area contributed by atoms with Gasteiger partial charge in [0, 0.05) is 24.1 Å². The number of ether oxygens (including phenoxy) is 1. The fourth-order valence-corrected chi connectivity index (χ4v) is 2.84. The summed E-state index contributed by atoms with van der Waals surface area (Å²) in [5, 5.41) is 14.6. The Kier molecular flexibility index (Phi) is 4.73. The van der Waals surface area contributed by atoms with E-state index in [1.807, 2.05) is 0 Å². The minimum atomic E-state index is -0.589. The van der Waals surface area contributed by atoms with Gasteiger partial charge in [-0.05, 0) is 25.5 Å². The Bertz CT molecular complexity index is 420. The van der Waals surface area contributed by atoms with E-state index >= 15 is 0 Å². The molecule has 1 aliphatic heterocycles. The van der Waals surface area contributed by atoms with E-state index in [2.05, 4.69) is 5.32 Å². The third-order valence-corrected chi connectivity index (χ3v) is 3.99. The van der Waals surface area contributed by atoms with Crippen LogP contribution in [0, 0.1) is 5.92 Å². The standard InChI is InChI=1S/C13H17Cl2NO2/c1-18-12-6-10(14)9(5-11(12)15)13(17)8-3-2-4-16-7-8/h5-6,8,13,16-17H,2-4,7H2,1H3. The van der Waals surface area contributed by atoms with Crippen LogP contribution in [0.25, 0.3) is 0 Å². The Balaban J connectivity index is 2.23. The fourth-order valence-electron chi connectivity index (χ4n) is 2.33. The lowest BCUT2D eigenvalue weighted by molar-refractivity contribution is 0.0922. The minimum Gasteiger partial charge on any atom is -0.495 e. The lowest BCUT2D eigenvalue weighted by atomic mass is 9.89. The largest absolute Gasteiger partial charge is 0.495 e. The number of methoxy groups -OCH3 is 1. The molecule has 0 amide bonds. The van der Waals surface area contributed by atoms with Crippen LogP contribution in [0.1, 0.15) is 24.5 Å². The first-order chi connectivity index (χ1) is 8.63. The minimum absolute atomic E-state index is 0.181. The molecular weight excluding hydrogens is 273 g/mol.